The molecule has 1 heterocycles. The molecule has 0 bridgehead atoms. The predicted molar refractivity (Wildman–Crippen MR) is 94.8 cm³/mol. The first kappa shape index (κ1) is 16.4. The zero-order valence-electron chi connectivity index (χ0n) is 13.4. The number of benzene rings is 2. The molecule has 1 aromatic heterocycles. The van der Waals surface area contributed by atoms with Gasteiger partial charge in [-0.25, -0.2) is 9.78 Å². The molecule has 0 spiro atoms. The summed E-state index contributed by atoms with van der Waals surface area (Å²) in [7, 11) is 3.07. The largest absolute Gasteiger partial charge is 0.493 e. The molecule has 0 amide bonds. The van der Waals surface area contributed by atoms with Gasteiger partial charge in [-0.05, 0) is 5.56 Å². The molecule has 0 aliphatic heterocycles. The van der Waals surface area contributed by atoms with Crippen LogP contribution < -0.4 is 15.1 Å². The Morgan fingerprint density at radius 2 is 1.75 bits per heavy atom. The van der Waals surface area contributed by atoms with Crippen molar-refractivity contribution in [2.24, 2.45) is 0 Å². The van der Waals surface area contributed by atoms with Crippen LogP contribution in [-0.4, -0.2) is 19.2 Å². The standard InChI is InChI=1S/C18H17NO4S/c1-21-15-8-13-14(9-16(15)22-2)19-17(23-18(13)20)11-24-10-12-6-4-3-5-7-12/h3-9H,10-11H2,1-2H3. The van der Waals surface area contributed by atoms with Crippen LogP contribution in [0.4, 0.5) is 0 Å². The summed E-state index contributed by atoms with van der Waals surface area (Å²) in [4.78, 5) is 16.6. The maximum absolute atomic E-state index is 12.2. The lowest BCUT2D eigenvalue weighted by Crippen LogP contribution is -2.05. The number of hydrogen-bond donors (Lipinski definition) is 0. The summed E-state index contributed by atoms with van der Waals surface area (Å²) >= 11 is 1.64. The third kappa shape index (κ3) is 3.54. The van der Waals surface area contributed by atoms with Crippen molar-refractivity contribution >= 4 is 22.7 Å². The molecule has 0 atom stereocenters. The summed E-state index contributed by atoms with van der Waals surface area (Å²) < 4.78 is 15.8. The molecule has 2 aromatic carbocycles. The first-order chi connectivity index (χ1) is 11.7. The van der Waals surface area contributed by atoms with Crippen molar-refractivity contribution in [1.82, 2.24) is 4.98 Å². The predicted octanol–water partition coefficient (Wildman–Crippen LogP) is 3.64. The topological polar surface area (TPSA) is 61.6 Å². The average molecular weight is 343 g/mol. The van der Waals surface area contributed by atoms with Gasteiger partial charge in [0.15, 0.2) is 11.5 Å². The molecule has 0 saturated carbocycles. The Morgan fingerprint density at radius 3 is 2.46 bits per heavy atom. The van der Waals surface area contributed by atoms with Crippen molar-refractivity contribution in [1.29, 1.82) is 0 Å². The summed E-state index contributed by atoms with van der Waals surface area (Å²) in [5, 5.41) is 0.379. The summed E-state index contributed by atoms with van der Waals surface area (Å²) in [6.07, 6.45) is 0. The molecule has 0 saturated heterocycles. The van der Waals surface area contributed by atoms with Gasteiger partial charge in [-0.3, -0.25) is 0 Å². The van der Waals surface area contributed by atoms with E-state index in [4.69, 9.17) is 13.9 Å². The van der Waals surface area contributed by atoms with Gasteiger partial charge in [0.25, 0.3) is 0 Å². The molecule has 124 valence electrons. The number of rotatable bonds is 6. The molecule has 0 unspecified atom stereocenters. The molecule has 3 rings (SSSR count). The van der Waals surface area contributed by atoms with E-state index in [0.717, 1.165) is 5.75 Å². The van der Waals surface area contributed by atoms with E-state index in [1.165, 1.54) is 12.7 Å². The Morgan fingerprint density at radius 1 is 1.04 bits per heavy atom. The quantitative estimate of drug-likeness (QED) is 0.681. The fourth-order valence-electron chi connectivity index (χ4n) is 2.34. The zero-order chi connectivity index (χ0) is 16.9. The molecule has 24 heavy (non-hydrogen) atoms. The second-order valence-corrected chi connectivity index (χ2v) is 6.08. The number of fused-ring (bicyclic) bond motifs is 1. The summed E-state index contributed by atoms with van der Waals surface area (Å²) in [5.41, 5.74) is 1.34. The first-order valence-electron chi connectivity index (χ1n) is 7.38. The molecule has 0 N–H and O–H groups in total. The minimum Gasteiger partial charge on any atom is -0.493 e. The van der Waals surface area contributed by atoms with Crippen molar-refractivity contribution in [2.75, 3.05) is 14.2 Å². The molecular formula is C18H17NO4S. The van der Waals surface area contributed by atoms with Gasteiger partial charge in [0.2, 0.25) is 5.89 Å². The van der Waals surface area contributed by atoms with Gasteiger partial charge in [0.1, 0.15) is 0 Å². The van der Waals surface area contributed by atoms with E-state index in [1.54, 1.807) is 31.0 Å². The smallest absolute Gasteiger partial charge is 0.346 e. The van der Waals surface area contributed by atoms with E-state index < -0.39 is 5.63 Å². The van der Waals surface area contributed by atoms with Crippen LogP contribution in [0.2, 0.25) is 0 Å². The second-order valence-electron chi connectivity index (χ2n) is 5.10. The van der Waals surface area contributed by atoms with Gasteiger partial charge in [-0.1, -0.05) is 30.3 Å². The van der Waals surface area contributed by atoms with Crippen LogP contribution in [-0.2, 0) is 11.5 Å². The van der Waals surface area contributed by atoms with E-state index in [1.807, 2.05) is 18.2 Å². The van der Waals surface area contributed by atoms with E-state index >= 15 is 0 Å². The van der Waals surface area contributed by atoms with Crippen LogP contribution in [0.15, 0.2) is 51.7 Å². The Bertz CT molecular complexity index is 893. The molecule has 0 fully saturated rings. The highest BCUT2D eigenvalue weighted by atomic mass is 32.2. The van der Waals surface area contributed by atoms with Gasteiger partial charge in [0.05, 0.1) is 30.9 Å². The van der Waals surface area contributed by atoms with Gasteiger partial charge < -0.3 is 13.9 Å². The second kappa shape index (κ2) is 7.40. The molecule has 0 aliphatic carbocycles. The minimum absolute atomic E-state index is 0.379. The van der Waals surface area contributed by atoms with Gasteiger partial charge in [0, 0.05) is 17.9 Å². The Kier molecular flexibility index (Phi) is 5.05. The maximum Gasteiger partial charge on any atom is 0.346 e. The fraction of sp³-hybridized carbons (Fsp3) is 0.222. The number of hydrogen-bond acceptors (Lipinski definition) is 6. The molecule has 6 heteroatoms. The lowest BCUT2D eigenvalue weighted by Gasteiger charge is -2.08. The lowest BCUT2D eigenvalue weighted by atomic mass is 10.2. The van der Waals surface area contributed by atoms with Crippen molar-refractivity contribution in [3.63, 3.8) is 0 Å². The van der Waals surface area contributed by atoms with Gasteiger partial charge >= 0.3 is 5.63 Å². The zero-order valence-corrected chi connectivity index (χ0v) is 14.3. The summed E-state index contributed by atoms with van der Waals surface area (Å²) in [5.74, 6) is 2.77. The van der Waals surface area contributed by atoms with Crippen molar-refractivity contribution in [3.05, 3.63) is 64.3 Å². The SMILES string of the molecule is COc1cc2nc(CSCc3ccccc3)oc(=O)c2cc1OC. The molecule has 0 aliphatic rings. The Labute approximate surface area is 143 Å². The first-order valence-corrected chi connectivity index (χ1v) is 8.54. The van der Waals surface area contributed by atoms with Crippen LogP contribution in [0.5, 0.6) is 11.5 Å². The van der Waals surface area contributed by atoms with Crippen molar-refractivity contribution in [2.45, 2.75) is 11.5 Å². The normalized spacial score (nSPS) is 10.8. The van der Waals surface area contributed by atoms with E-state index in [-0.39, 0.29) is 0 Å². The van der Waals surface area contributed by atoms with E-state index in [9.17, 15) is 4.79 Å². The number of nitrogens with zero attached hydrogens (tertiary/aromatic N) is 1. The van der Waals surface area contributed by atoms with Crippen molar-refractivity contribution < 1.29 is 13.9 Å². The molecule has 3 aromatic rings. The van der Waals surface area contributed by atoms with Gasteiger partial charge in [-0.15, -0.1) is 11.8 Å². The molecule has 0 radical (unpaired) electrons. The summed E-state index contributed by atoms with van der Waals surface area (Å²) in [6, 6.07) is 13.4. The lowest BCUT2D eigenvalue weighted by molar-refractivity contribution is 0.355. The number of methoxy groups -OCH3 is 2. The highest BCUT2D eigenvalue weighted by Crippen LogP contribution is 2.30. The average Bonchev–Trinajstić information content (AvgIpc) is 2.61. The highest BCUT2D eigenvalue weighted by Gasteiger charge is 2.12. The monoisotopic (exact) mass is 343 g/mol. The van der Waals surface area contributed by atoms with E-state index in [2.05, 4.69) is 17.1 Å². The minimum atomic E-state index is -0.420. The Hall–Kier alpha value is -2.47. The van der Waals surface area contributed by atoms with E-state index in [0.29, 0.717) is 34.0 Å². The van der Waals surface area contributed by atoms with Crippen LogP contribution >= 0.6 is 11.8 Å². The van der Waals surface area contributed by atoms with Crippen LogP contribution in [0.25, 0.3) is 10.9 Å². The fourth-order valence-corrected chi connectivity index (χ4v) is 3.16. The molecular weight excluding hydrogens is 326 g/mol. The third-order valence-corrected chi connectivity index (χ3v) is 4.50. The Balaban J connectivity index is 1.83. The third-order valence-electron chi connectivity index (χ3n) is 3.51. The van der Waals surface area contributed by atoms with Crippen LogP contribution in [0, 0.1) is 0 Å². The van der Waals surface area contributed by atoms with Gasteiger partial charge in [-0.2, -0.15) is 0 Å². The van der Waals surface area contributed by atoms with Crippen molar-refractivity contribution in [3.8, 4) is 11.5 Å². The molecule has 5 nitrogen and oxygen atoms in total. The number of aromatic nitrogens is 1. The summed E-state index contributed by atoms with van der Waals surface area (Å²) in [6.45, 7) is 0. The highest BCUT2D eigenvalue weighted by molar-refractivity contribution is 7.97. The van der Waals surface area contributed by atoms with Crippen LogP contribution in [0.3, 0.4) is 0 Å². The number of thioether (sulfide) groups is 1. The maximum atomic E-state index is 12.2. The van der Waals surface area contributed by atoms with Crippen LogP contribution in [0.1, 0.15) is 11.5 Å². The number of ether oxygens (including phenoxy) is 2.